The zero-order chi connectivity index (χ0) is 24.2. The van der Waals surface area contributed by atoms with E-state index in [1.54, 1.807) is 6.92 Å². The molecule has 5 rings (SSSR count). The molecule has 1 saturated carbocycles. The highest BCUT2D eigenvalue weighted by atomic mass is 19.1. The maximum atomic E-state index is 15.5. The van der Waals surface area contributed by atoms with E-state index in [2.05, 4.69) is 5.32 Å². The van der Waals surface area contributed by atoms with Crippen LogP contribution in [-0.2, 0) is 5.41 Å². The highest BCUT2D eigenvalue weighted by Gasteiger charge is 2.41. The molecule has 2 fully saturated rings. The molecule has 34 heavy (non-hydrogen) atoms. The molecule has 1 unspecified atom stereocenters. The van der Waals surface area contributed by atoms with Crippen LogP contribution in [0.2, 0.25) is 0 Å². The first kappa shape index (κ1) is 22.0. The van der Waals surface area contributed by atoms with Gasteiger partial charge >= 0.3 is 11.8 Å². The number of rotatable bonds is 5. The maximum absolute atomic E-state index is 15.5. The Morgan fingerprint density at radius 1 is 1.26 bits per heavy atom. The third kappa shape index (κ3) is 3.41. The molecule has 2 heterocycles. The number of carbonyl (C=O) groups is 1. The second-order valence-corrected chi connectivity index (χ2v) is 9.26. The molecule has 4 N–H and O–H groups in total. The van der Waals surface area contributed by atoms with Gasteiger partial charge in [0.25, 0.3) is 5.56 Å². The smallest absolute Gasteiger partial charge is 0.404 e. The summed E-state index contributed by atoms with van der Waals surface area (Å²) in [6.45, 7) is 2.77. The Morgan fingerprint density at radius 3 is 2.62 bits per heavy atom. The Balaban J connectivity index is 1.64. The normalized spacial score (nSPS) is 20.1. The first-order valence-electron chi connectivity index (χ1n) is 11.3. The average molecular weight is 468 g/mol. The third-order valence-electron chi connectivity index (χ3n) is 7.11. The fraction of sp³-hybridized carbons (Fsp3) is 0.375. The quantitative estimate of drug-likeness (QED) is 0.494. The number of anilines is 1. The first-order chi connectivity index (χ1) is 16.2. The molecule has 1 aliphatic carbocycles. The number of nitrogen functional groups attached to an aromatic ring is 1. The average Bonchev–Trinajstić information content (AvgIpc) is 3.57. The molecule has 0 bridgehead atoms. The summed E-state index contributed by atoms with van der Waals surface area (Å²) in [6.07, 6.45) is 1.07. The van der Waals surface area contributed by atoms with E-state index in [1.807, 2.05) is 35.2 Å². The molecule has 1 saturated heterocycles. The summed E-state index contributed by atoms with van der Waals surface area (Å²) >= 11 is 0. The predicted molar refractivity (Wildman–Crippen MR) is 127 cm³/mol. The topological polar surface area (TPSA) is 123 Å². The number of amides is 1. The fourth-order valence-electron chi connectivity index (χ4n) is 5.30. The molecule has 2 aromatic carbocycles. The zero-order valence-corrected chi connectivity index (χ0v) is 18.8. The highest BCUT2D eigenvalue weighted by Crippen LogP contribution is 2.42. The van der Waals surface area contributed by atoms with Crippen LogP contribution < -0.4 is 27.3 Å². The SMILES string of the molecule is Cc1c(N2CCC(CNC(=O)O)(c3ccccc3)C2)c(F)cc2c(=O)n(N)c(=O)n(C3CC3)c12. The molecular weight excluding hydrogens is 441 g/mol. The molecule has 1 aromatic heterocycles. The monoisotopic (exact) mass is 467 g/mol. The number of hydrogen-bond donors (Lipinski definition) is 3. The summed E-state index contributed by atoms with van der Waals surface area (Å²) in [5, 5.41) is 11.8. The maximum Gasteiger partial charge on any atom is 0.404 e. The van der Waals surface area contributed by atoms with Crippen LogP contribution in [0.15, 0.2) is 46.0 Å². The highest BCUT2D eigenvalue weighted by molar-refractivity contribution is 5.87. The van der Waals surface area contributed by atoms with Gasteiger partial charge < -0.3 is 21.2 Å². The number of nitrogens with two attached hydrogens (primary N) is 1. The lowest BCUT2D eigenvalue weighted by Gasteiger charge is -2.31. The van der Waals surface area contributed by atoms with Gasteiger partial charge in [-0.3, -0.25) is 9.36 Å². The van der Waals surface area contributed by atoms with Gasteiger partial charge in [-0.1, -0.05) is 30.3 Å². The summed E-state index contributed by atoms with van der Waals surface area (Å²) in [6, 6.07) is 10.7. The van der Waals surface area contributed by atoms with E-state index in [9.17, 15) is 19.5 Å². The van der Waals surface area contributed by atoms with Gasteiger partial charge in [0.2, 0.25) is 0 Å². The molecule has 1 atom stereocenters. The van der Waals surface area contributed by atoms with Crippen molar-refractivity contribution in [1.29, 1.82) is 0 Å². The minimum absolute atomic E-state index is 0.0656. The number of aromatic nitrogens is 2. The van der Waals surface area contributed by atoms with Gasteiger partial charge in [-0.05, 0) is 37.8 Å². The minimum atomic E-state index is -1.12. The molecule has 2 aliphatic rings. The van der Waals surface area contributed by atoms with Gasteiger partial charge in [0.05, 0.1) is 16.6 Å². The number of fused-ring (bicyclic) bond motifs is 1. The van der Waals surface area contributed by atoms with Gasteiger partial charge in [-0.15, -0.1) is 0 Å². The van der Waals surface area contributed by atoms with Crippen molar-refractivity contribution in [2.24, 2.45) is 0 Å². The summed E-state index contributed by atoms with van der Waals surface area (Å²) in [7, 11) is 0. The molecule has 1 aliphatic heterocycles. The van der Waals surface area contributed by atoms with E-state index in [0.29, 0.717) is 41.0 Å². The second kappa shape index (κ2) is 7.89. The fourth-order valence-corrected chi connectivity index (χ4v) is 5.30. The molecule has 9 nitrogen and oxygen atoms in total. The van der Waals surface area contributed by atoms with Crippen LogP contribution in [0.4, 0.5) is 14.9 Å². The van der Waals surface area contributed by atoms with Crippen LogP contribution in [0.25, 0.3) is 10.9 Å². The number of hydrogen-bond acceptors (Lipinski definition) is 5. The number of aryl methyl sites for hydroxylation is 1. The van der Waals surface area contributed by atoms with E-state index >= 15 is 4.39 Å². The molecule has 0 spiro atoms. The summed E-state index contributed by atoms with van der Waals surface area (Å²) in [4.78, 5) is 38.7. The minimum Gasteiger partial charge on any atom is -0.465 e. The van der Waals surface area contributed by atoms with Crippen molar-refractivity contribution >= 4 is 22.7 Å². The lowest BCUT2D eigenvalue weighted by molar-refractivity contribution is 0.191. The van der Waals surface area contributed by atoms with Gasteiger partial charge in [0.1, 0.15) is 5.82 Å². The van der Waals surface area contributed by atoms with Crippen LogP contribution in [0.1, 0.15) is 36.4 Å². The van der Waals surface area contributed by atoms with Crippen LogP contribution in [0.3, 0.4) is 0 Å². The van der Waals surface area contributed by atoms with Gasteiger partial charge in [-0.25, -0.2) is 14.0 Å². The van der Waals surface area contributed by atoms with Crippen molar-refractivity contribution in [3.8, 4) is 0 Å². The van der Waals surface area contributed by atoms with Crippen molar-refractivity contribution in [3.05, 3.63) is 74.2 Å². The molecule has 10 heteroatoms. The van der Waals surface area contributed by atoms with Crippen molar-refractivity contribution in [3.63, 3.8) is 0 Å². The Bertz CT molecular complexity index is 1410. The molecule has 1 amide bonds. The van der Waals surface area contributed by atoms with Crippen molar-refractivity contribution in [1.82, 2.24) is 14.6 Å². The van der Waals surface area contributed by atoms with Crippen LogP contribution in [-0.4, -0.2) is 40.1 Å². The first-order valence-corrected chi connectivity index (χ1v) is 11.3. The lowest BCUT2D eigenvalue weighted by Crippen LogP contribution is -2.45. The molecule has 178 valence electrons. The Morgan fingerprint density at radius 2 is 1.97 bits per heavy atom. The third-order valence-corrected chi connectivity index (χ3v) is 7.11. The van der Waals surface area contributed by atoms with Crippen molar-refractivity contribution in [2.75, 3.05) is 30.4 Å². The van der Waals surface area contributed by atoms with E-state index < -0.39 is 28.6 Å². The van der Waals surface area contributed by atoms with Crippen LogP contribution in [0.5, 0.6) is 0 Å². The molecular formula is C24H26FN5O4. The number of nitrogens with one attached hydrogen (secondary N) is 1. The number of carboxylic acid groups (broad SMARTS) is 1. The van der Waals surface area contributed by atoms with Crippen LogP contribution in [0, 0.1) is 12.7 Å². The van der Waals surface area contributed by atoms with E-state index in [0.717, 1.165) is 18.4 Å². The molecule has 0 radical (unpaired) electrons. The van der Waals surface area contributed by atoms with E-state index in [1.165, 1.54) is 10.6 Å². The van der Waals surface area contributed by atoms with Crippen molar-refractivity contribution in [2.45, 2.75) is 37.6 Å². The number of benzene rings is 2. The van der Waals surface area contributed by atoms with Crippen LogP contribution >= 0.6 is 0 Å². The zero-order valence-electron chi connectivity index (χ0n) is 18.8. The second-order valence-electron chi connectivity index (χ2n) is 9.26. The standard InChI is InChI=1S/C24H26FN5O4/c1-14-19-17(21(31)30(26)23(34)29(19)16-7-8-16)11-18(25)20(14)28-10-9-24(13-28,12-27-22(32)33)15-5-3-2-4-6-15/h2-6,11,16,27H,7-10,12-13,26H2,1H3,(H,32,33). The van der Waals surface area contributed by atoms with Gasteiger partial charge in [-0.2, -0.15) is 4.68 Å². The summed E-state index contributed by atoms with van der Waals surface area (Å²) in [5.74, 6) is 5.14. The Labute approximate surface area is 194 Å². The largest absolute Gasteiger partial charge is 0.465 e. The van der Waals surface area contributed by atoms with Gasteiger partial charge in [0.15, 0.2) is 0 Å². The van der Waals surface area contributed by atoms with Gasteiger partial charge in [0, 0.05) is 36.7 Å². The molecule has 3 aromatic rings. The Kier molecular flexibility index (Phi) is 5.11. The van der Waals surface area contributed by atoms with E-state index in [4.69, 9.17) is 5.84 Å². The summed E-state index contributed by atoms with van der Waals surface area (Å²) in [5.41, 5.74) is 0.324. The predicted octanol–water partition coefficient (Wildman–Crippen LogP) is 2.08. The van der Waals surface area contributed by atoms with E-state index in [-0.39, 0.29) is 18.0 Å². The van der Waals surface area contributed by atoms with Crippen molar-refractivity contribution < 1.29 is 14.3 Å². The number of halogens is 1. The number of nitrogens with zero attached hydrogens (tertiary/aromatic N) is 3. The summed E-state index contributed by atoms with van der Waals surface area (Å²) < 4.78 is 17.6. The lowest BCUT2D eigenvalue weighted by atomic mass is 9.79. The Hall–Kier alpha value is -3.82.